The molecule has 0 saturated carbocycles. The van der Waals surface area contributed by atoms with Crippen molar-refractivity contribution in [3.05, 3.63) is 71.1 Å². The summed E-state index contributed by atoms with van der Waals surface area (Å²) >= 11 is 0. The van der Waals surface area contributed by atoms with Crippen molar-refractivity contribution in [3.8, 4) is 0 Å². The molecule has 0 aliphatic carbocycles. The molecule has 1 heterocycles. The molecule has 0 saturated heterocycles. The van der Waals surface area contributed by atoms with Crippen LogP contribution in [0.2, 0.25) is 0 Å². The topological polar surface area (TPSA) is 6.48 Å². The van der Waals surface area contributed by atoms with Crippen LogP contribution in [0.25, 0.3) is 0 Å². The Bertz CT molecular complexity index is 756. The minimum atomic E-state index is 0. The Labute approximate surface area is 196 Å². The van der Waals surface area contributed by atoms with Gasteiger partial charge in [-0.2, -0.15) is 6.20 Å². The summed E-state index contributed by atoms with van der Waals surface area (Å²) in [5, 5.41) is 0. The summed E-state index contributed by atoms with van der Waals surface area (Å²) in [6.07, 6.45) is 5.73. The van der Waals surface area contributed by atoms with Crippen molar-refractivity contribution in [2.45, 2.75) is 79.1 Å². The molecule has 0 fully saturated rings. The van der Waals surface area contributed by atoms with E-state index in [1.807, 2.05) is 0 Å². The van der Waals surface area contributed by atoms with Gasteiger partial charge in [0.15, 0.2) is 0 Å². The summed E-state index contributed by atoms with van der Waals surface area (Å²) < 4.78 is 0. The molecule has 0 atom stereocenters. The SMILES string of the molecule is CC(C)c1cccc(C(C)C)c1N1[C-]=CN(c2c(C(C)C)cccc2C(C)C)C1.[Li+]. The number of nitrogens with zero attached hydrogens (tertiary/aromatic N) is 2. The Balaban J connectivity index is 0.00000320. The van der Waals surface area contributed by atoms with Crippen LogP contribution in [0.5, 0.6) is 0 Å². The predicted octanol–water partition coefficient (Wildman–Crippen LogP) is 4.74. The molecule has 0 unspecified atom stereocenters. The van der Waals surface area contributed by atoms with E-state index in [0.717, 1.165) is 6.67 Å². The first-order chi connectivity index (χ1) is 13.7. The van der Waals surface area contributed by atoms with Crippen LogP contribution >= 0.6 is 0 Å². The zero-order valence-electron chi connectivity index (χ0n) is 20.5. The molecule has 30 heavy (non-hydrogen) atoms. The molecule has 1 aliphatic heterocycles. The summed E-state index contributed by atoms with van der Waals surface area (Å²) in [5.74, 6) is 1.93. The van der Waals surface area contributed by atoms with E-state index in [4.69, 9.17) is 0 Å². The van der Waals surface area contributed by atoms with Crippen LogP contribution in [0.4, 0.5) is 11.4 Å². The van der Waals surface area contributed by atoms with Gasteiger partial charge in [-0.15, -0.1) is 16.8 Å². The van der Waals surface area contributed by atoms with Gasteiger partial charge >= 0.3 is 18.9 Å². The summed E-state index contributed by atoms with van der Waals surface area (Å²) in [5.41, 5.74) is 8.33. The fourth-order valence-corrected chi connectivity index (χ4v) is 4.31. The quantitative estimate of drug-likeness (QED) is 0.514. The number of hydrogen-bond donors (Lipinski definition) is 0. The van der Waals surface area contributed by atoms with Gasteiger partial charge in [0.1, 0.15) is 0 Å². The zero-order valence-corrected chi connectivity index (χ0v) is 20.5. The molecule has 0 N–H and O–H groups in total. The van der Waals surface area contributed by atoms with E-state index < -0.39 is 0 Å². The number of rotatable bonds is 6. The molecule has 0 amide bonds. The minimum Gasteiger partial charge on any atom is -0.493 e. The van der Waals surface area contributed by atoms with E-state index in [-0.39, 0.29) is 18.9 Å². The van der Waals surface area contributed by atoms with Crippen LogP contribution in [0, 0.1) is 6.20 Å². The third-order valence-electron chi connectivity index (χ3n) is 5.91. The van der Waals surface area contributed by atoms with Gasteiger partial charge in [-0.25, -0.2) is 0 Å². The summed E-state index contributed by atoms with van der Waals surface area (Å²) in [6, 6.07) is 13.5. The largest absolute Gasteiger partial charge is 1.00 e. The summed E-state index contributed by atoms with van der Waals surface area (Å²) in [4.78, 5) is 4.72. The smallest absolute Gasteiger partial charge is 0.493 e. The van der Waals surface area contributed by atoms with E-state index >= 15 is 0 Å². The van der Waals surface area contributed by atoms with Crippen LogP contribution < -0.4 is 28.7 Å². The molecular weight excluding hydrogens is 359 g/mol. The maximum atomic E-state index is 3.58. The van der Waals surface area contributed by atoms with E-state index in [2.05, 4.69) is 114 Å². The zero-order chi connectivity index (χ0) is 21.3. The molecule has 3 heteroatoms. The molecule has 2 aromatic carbocycles. The molecule has 0 radical (unpaired) electrons. The molecule has 3 rings (SSSR count). The first kappa shape index (κ1) is 24.6. The Kier molecular flexibility index (Phi) is 8.32. The summed E-state index contributed by atoms with van der Waals surface area (Å²) in [7, 11) is 0. The van der Waals surface area contributed by atoms with Gasteiger partial charge in [0.2, 0.25) is 0 Å². The third-order valence-corrected chi connectivity index (χ3v) is 5.91. The maximum Gasteiger partial charge on any atom is 1.00 e. The van der Waals surface area contributed by atoms with Crippen LogP contribution in [0.15, 0.2) is 42.6 Å². The Morgan fingerprint density at radius 3 is 1.37 bits per heavy atom. The van der Waals surface area contributed by atoms with Crippen LogP contribution in [-0.4, -0.2) is 6.67 Å². The molecular formula is C27H37LiN2. The van der Waals surface area contributed by atoms with E-state index in [1.54, 1.807) is 0 Å². The van der Waals surface area contributed by atoms with Gasteiger partial charge < -0.3 is 9.80 Å². The van der Waals surface area contributed by atoms with Gasteiger partial charge in [0, 0.05) is 5.69 Å². The molecule has 1 aliphatic rings. The van der Waals surface area contributed by atoms with Gasteiger partial charge in [-0.05, 0) is 34.8 Å². The van der Waals surface area contributed by atoms with Gasteiger partial charge in [0.05, 0.1) is 6.67 Å². The van der Waals surface area contributed by atoms with E-state index in [9.17, 15) is 0 Å². The monoisotopic (exact) mass is 396 g/mol. The van der Waals surface area contributed by atoms with Crippen molar-refractivity contribution >= 4 is 11.4 Å². The second-order valence-corrected chi connectivity index (χ2v) is 9.49. The van der Waals surface area contributed by atoms with Gasteiger partial charge in [-0.3, -0.25) is 0 Å². The Hall–Kier alpha value is -1.62. The second-order valence-electron chi connectivity index (χ2n) is 9.49. The normalized spacial score (nSPS) is 13.9. The average Bonchev–Trinajstić information content (AvgIpc) is 3.15. The number of para-hydroxylation sites is 2. The fourth-order valence-electron chi connectivity index (χ4n) is 4.31. The predicted molar refractivity (Wildman–Crippen MR) is 127 cm³/mol. The Morgan fingerprint density at radius 1 is 0.633 bits per heavy atom. The first-order valence-corrected chi connectivity index (χ1v) is 11.1. The summed E-state index contributed by atoms with van der Waals surface area (Å²) in [6.45, 7) is 19.1. The fraction of sp³-hybridized carbons (Fsp3) is 0.481. The van der Waals surface area contributed by atoms with Crippen LogP contribution in [0.1, 0.15) is 101 Å². The van der Waals surface area contributed by atoms with Crippen molar-refractivity contribution in [3.63, 3.8) is 0 Å². The van der Waals surface area contributed by atoms with Gasteiger partial charge in [-0.1, -0.05) is 98.0 Å². The van der Waals surface area contributed by atoms with Crippen LogP contribution in [0.3, 0.4) is 0 Å². The van der Waals surface area contributed by atoms with Gasteiger partial charge in [0.25, 0.3) is 0 Å². The molecule has 2 nitrogen and oxygen atoms in total. The molecule has 156 valence electrons. The molecule has 0 aromatic heterocycles. The second kappa shape index (κ2) is 10.1. The van der Waals surface area contributed by atoms with Crippen LogP contribution in [-0.2, 0) is 0 Å². The first-order valence-electron chi connectivity index (χ1n) is 11.1. The number of benzene rings is 2. The van der Waals surface area contributed by atoms with Crippen molar-refractivity contribution in [1.29, 1.82) is 0 Å². The Morgan fingerprint density at radius 2 is 1.00 bits per heavy atom. The molecule has 0 bridgehead atoms. The maximum absolute atomic E-state index is 3.58. The number of anilines is 2. The molecule has 2 aromatic rings. The average molecular weight is 397 g/mol. The van der Waals surface area contributed by atoms with Crippen molar-refractivity contribution in [1.82, 2.24) is 0 Å². The third kappa shape index (κ3) is 4.82. The van der Waals surface area contributed by atoms with Crippen molar-refractivity contribution in [2.24, 2.45) is 0 Å². The standard InChI is InChI=1S/C27H37N2.Li/c1-18(2)22-11-9-12-23(19(3)4)26(22)28-15-16-29(17-28)27-24(20(5)6)13-10-14-25(27)21(7)8;/h9-15,18-21H,17H2,1-8H3;/q-1;+1. The van der Waals surface area contributed by atoms with E-state index in [0.29, 0.717) is 23.7 Å². The minimum absolute atomic E-state index is 0. The van der Waals surface area contributed by atoms with E-state index in [1.165, 1.54) is 33.6 Å². The van der Waals surface area contributed by atoms with Crippen molar-refractivity contribution < 1.29 is 18.9 Å². The molecule has 0 spiro atoms. The number of hydrogen-bond acceptors (Lipinski definition) is 2. The van der Waals surface area contributed by atoms with Crippen molar-refractivity contribution in [2.75, 3.05) is 16.5 Å².